The molecule has 0 aliphatic rings. The zero-order chi connectivity index (χ0) is 45.8. The lowest BCUT2D eigenvalue weighted by Crippen LogP contribution is -2.30. The molecule has 6 heteroatoms. The minimum atomic E-state index is -0.771. The molecule has 0 aromatic rings. The molecular formula is C57H106O6. The third-order valence-electron chi connectivity index (χ3n) is 12.5. The monoisotopic (exact) mass is 887 g/mol. The van der Waals surface area contributed by atoms with Gasteiger partial charge in [0, 0.05) is 19.3 Å². The standard InChI is InChI=1S/C57H106O6/c1-4-7-10-13-16-19-22-25-28-31-34-37-40-43-46-49-55(58)61-52-54(63-57(60)51-48-45-42-39-36-33-30-27-24-21-18-15-12-9-6-3)53-62-56(59)50-47-44-41-38-35-32-29-26-23-20-17-14-11-8-5-2/h16,19,25,28,54H,4-15,17-18,20-24,26-27,29-53H2,1-3H3/t54-/m0/s1. The molecule has 0 bridgehead atoms. The van der Waals surface area contributed by atoms with Gasteiger partial charge >= 0.3 is 17.9 Å². The molecular weight excluding hydrogens is 781 g/mol. The summed E-state index contributed by atoms with van der Waals surface area (Å²) in [5, 5.41) is 0. The van der Waals surface area contributed by atoms with Gasteiger partial charge in [-0.15, -0.1) is 0 Å². The fourth-order valence-electron chi connectivity index (χ4n) is 8.24. The lowest BCUT2D eigenvalue weighted by molar-refractivity contribution is -0.167. The summed E-state index contributed by atoms with van der Waals surface area (Å²) < 4.78 is 16.8. The first-order valence-corrected chi connectivity index (χ1v) is 27.8. The molecule has 0 aromatic carbocycles. The quantitative estimate of drug-likeness (QED) is 0.0262. The molecule has 1 atom stereocenters. The Morgan fingerprint density at radius 2 is 0.571 bits per heavy atom. The van der Waals surface area contributed by atoms with E-state index in [0.717, 1.165) is 77.0 Å². The first-order chi connectivity index (χ1) is 31.0. The van der Waals surface area contributed by atoms with Gasteiger partial charge in [0.1, 0.15) is 13.2 Å². The van der Waals surface area contributed by atoms with Crippen molar-refractivity contribution >= 4 is 17.9 Å². The van der Waals surface area contributed by atoms with Crippen LogP contribution in [0.15, 0.2) is 24.3 Å². The van der Waals surface area contributed by atoms with Crippen molar-refractivity contribution < 1.29 is 28.6 Å². The summed E-state index contributed by atoms with van der Waals surface area (Å²) in [4.78, 5) is 38.1. The molecule has 0 fully saturated rings. The van der Waals surface area contributed by atoms with Gasteiger partial charge in [0.2, 0.25) is 0 Å². The van der Waals surface area contributed by atoms with E-state index < -0.39 is 6.10 Å². The molecule has 6 nitrogen and oxygen atoms in total. The van der Waals surface area contributed by atoms with E-state index in [-0.39, 0.29) is 31.1 Å². The maximum atomic E-state index is 12.8. The van der Waals surface area contributed by atoms with E-state index in [9.17, 15) is 14.4 Å². The lowest BCUT2D eigenvalue weighted by Gasteiger charge is -2.18. The summed E-state index contributed by atoms with van der Waals surface area (Å²) in [5.74, 6) is -0.865. The molecule has 0 amide bonds. The molecule has 370 valence electrons. The zero-order valence-electron chi connectivity index (χ0n) is 42.4. The molecule has 0 N–H and O–H groups in total. The number of carbonyl (C=O) groups is 3. The number of hydrogen-bond donors (Lipinski definition) is 0. The van der Waals surface area contributed by atoms with Crippen LogP contribution in [0.1, 0.15) is 303 Å². The minimum Gasteiger partial charge on any atom is -0.462 e. The van der Waals surface area contributed by atoms with Gasteiger partial charge in [-0.2, -0.15) is 0 Å². The number of rotatable bonds is 51. The molecule has 0 aliphatic carbocycles. The summed E-state index contributed by atoms with van der Waals surface area (Å²) >= 11 is 0. The smallest absolute Gasteiger partial charge is 0.306 e. The number of esters is 3. The second-order valence-corrected chi connectivity index (χ2v) is 18.9. The van der Waals surface area contributed by atoms with Gasteiger partial charge in [0.05, 0.1) is 0 Å². The fraction of sp³-hybridized carbons (Fsp3) is 0.877. The number of allylic oxidation sites excluding steroid dienone is 4. The van der Waals surface area contributed by atoms with Crippen LogP contribution in [-0.2, 0) is 28.6 Å². The third-order valence-corrected chi connectivity index (χ3v) is 12.5. The highest BCUT2D eigenvalue weighted by Gasteiger charge is 2.19. The van der Waals surface area contributed by atoms with E-state index in [2.05, 4.69) is 45.1 Å². The predicted molar refractivity (Wildman–Crippen MR) is 270 cm³/mol. The van der Waals surface area contributed by atoms with Gasteiger partial charge in [-0.3, -0.25) is 14.4 Å². The summed E-state index contributed by atoms with van der Waals surface area (Å²) in [6, 6.07) is 0. The van der Waals surface area contributed by atoms with Gasteiger partial charge in [0.15, 0.2) is 6.10 Å². The number of hydrogen-bond acceptors (Lipinski definition) is 6. The SMILES string of the molecule is CCCCCC=CCC=CCCCCCCCC(=O)OC[C@@H](COC(=O)CCCCCCCCCCCCCCCCC)OC(=O)CCCCCCCCCCCCCCCCC. The van der Waals surface area contributed by atoms with E-state index in [0.29, 0.717) is 19.3 Å². The largest absolute Gasteiger partial charge is 0.462 e. The molecule has 0 spiro atoms. The Kier molecular flexibility index (Phi) is 50.8. The Labute approximate surface area is 392 Å². The van der Waals surface area contributed by atoms with Crippen molar-refractivity contribution in [2.45, 2.75) is 309 Å². The van der Waals surface area contributed by atoms with Crippen molar-refractivity contribution in [2.24, 2.45) is 0 Å². The highest BCUT2D eigenvalue weighted by Crippen LogP contribution is 2.17. The van der Waals surface area contributed by atoms with Crippen LogP contribution in [0, 0.1) is 0 Å². The second-order valence-electron chi connectivity index (χ2n) is 18.9. The molecule has 0 heterocycles. The van der Waals surface area contributed by atoms with Gasteiger partial charge < -0.3 is 14.2 Å². The van der Waals surface area contributed by atoms with Crippen molar-refractivity contribution in [1.82, 2.24) is 0 Å². The Bertz CT molecular complexity index is 1020. The van der Waals surface area contributed by atoms with Crippen LogP contribution in [0.5, 0.6) is 0 Å². The van der Waals surface area contributed by atoms with Crippen LogP contribution in [-0.4, -0.2) is 37.2 Å². The number of unbranched alkanes of at least 4 members (excludes halogenated alkanes) is 36. The fourth-order valence-corrected chi connectivity index (χ4v) is 8.24. The molecule has 0 saturated carbocycles. The molecule has 63 heavy (non-hydrogen) atoms. The van der Waals surface area contributed by atoms with E-state index in [4.69, 9.17) is 14.2 Å². The van der Waals surface area contributed by atoms with E-state index in [1.807, 2.05) is 0 Å². The van der Waals surface area contributed by atoms with Gasteiger partial charge in [-0.1, -0.05) is 257 Å². The third kappa shape index (κ3) is 50.7. The Hall–Kier alpha value is -2.11. The Morgan fingerprint density at radius 1 is 0.317 bits per heavy atom. The van der Waals surface area contributed by atoms with E-state index in [1.165, 1.54) is 186 Å². The van der Waals surface area contributed by atoms with E-state index in [1.54, 1.807) is 0 Å². The zero-order valence-corrected chi connectivity index (χ0v) is 42.4. The minimum absolute atomic E-state index is 0.0703. The number of ether oxygens (including phenoxy) is 3. The van der Waals surface area contributed by atoms with Crippen molar-refractivity contribution in [3.8, 4) is 0 Å². The lowest BCUT2D eigenvalue weighted by atomic mass is 10.0. The van der Waals surface area contributed by atoms with Crippen LogP contribution >= 0.6 is 0 Å². The average Bonchev–Trinajstić information content (AvgIpc) is 3.28. The van der Waals surface area contributed by atoms with Crippen LogP contribution in [0.4, 0.5) is 0 Å². The topological polar surface area (TPSA) is 78.9 Å². The van der Waals surface area contributed by atoms with Crippen molar-refractivity contribution in [3.63, 3.8) is 0 Å². The second kappa shape index (κ2) is 52.5. The van der Waals surface area contributed by atoms with Crippen molar-refractivity contribution in [3.05, 3.63) is 24.3 Å². The van der Waals surface area contributed by atoms with Crippen molar-refractivity contribution in [1.29, 1.82) is 0 Å². The highest BCUT2D eigenvalue weighted by atomic mass is 16.6. The predicted octanol–water partition coefficient (Wildman–Crippen LogP) is 18.3. The maximum absolute atomic E-state index is 12.8. The van der Waals surface area contributed by atoms with E-state index >= 15 is 0 Å². The normalized spacial score (nSPS) is 12.1. The highest BCUT2D eigenvalue weighted by molar-refractivity contribution is 5.71. The van der Waals surface area contributed by atoms with Crippen molar-refractivity contribution in [2.75, 3.05) is 13.2 Å². The molecule has 0 rings (SSSR count). The molecule has 0 unspecified atom stereocenters. The van der Waals surface area contributed by atoms with Crippen LogP contribution in [0.2, 0.25) is 0 Å². The molecule has 0 aromatic heterocycles. The van der Waals surface area contributed by atoms with Crippen LogP contribution < -0.4 is 0 Å². The number of carbonyl (C=O) groups excluding carboxylic acids is 3. The van der Waals surface area contributed by atoms with Crippen LogP contribution in [0.3, 0.4) is 0 Å². The maximum Gasteiger partial charge on any atom is 0.306 e. The van der Waals surface area contributed by atoms with Gasteiger partial charge in [0.25, 0.3) is 0 Å². The summed E-state index contributed by atoms with van der Waals surface area (Å²) in [6.45, 7) is 6.65. The summed E-state index contributed by atoms with van der Waals surface area (Å²) in [5.41, 5.74) is 0. The van der Waals surface area contributed by atoms with Crippen LogP contribution in [0.25, 0.3) is 0 Å². The van der Waals surface area contributed by atoms with Gasteiger partial charge in [-0.25, -0.2) is 0 Å². The van der Waals surface area contributed by atoms with Gasteiger partial charge in [-0.05, 0) is 51.4 Å². The summed E-state index contributed by atoms with van der Waals surface area (Å²) in [7, 11) is 0. The average molecular weight is 887 g/mol. The molecule has 0 saturated heterocycles. The first-order valence-electron chi connectivity index (χ1n) is 27.8. The Morgan fingerprint density at radius 3 is 0.905 bits per heavy atom. The molecule has 0 radical (unpaired) electrons. The Balaban J connectivity index is 4.35. The molecule has 0 aliphatic heterocycles. The first kappa shape index (κ1) is 60.9. The summed E-state index contributed by atoms with van der Waals surface area (Å²) in [6.07, 6.45) is 60.1.